The maximum absolute atomic E-state index is 11.3. The molecule has 20 heavy (non-hydrogen) atoms. The van der Waals surface area contributed by atoms with Crippen LogP contribution in [0, 0.1) is 11.3 Å². The monoisotopic (exact) mass is 290 g/mol. The summed E-state index contributed by atoms with van der Waals surface area (Å²) in [5.41, 5.74) is 1.15. The summed E-state index contributed by atoms with van der Waals surface area (Å²) in [4.78, 5) is 4.34. The second kappa shape index (κ2) is 5.86. The van der Waals surface area contributed by atoms with Crippen LogP contribution < -0.4 is 10.0 Å². The molecule has 6 nitrogen and oxygen atoms in total. The van der Waals surface area contributed by atoms with Crippen LogP contribution in [0.5, 0.6) is 0 Å². The number of aromatic nitrogens is 1. The van der Waals surface area contributed by atoms with Crippen LogP contribution in [0.25, 0.3) is 10.9 Å². The van der Waals surface area contributed by atoms with Crippen LogP contribution in [0.3, 0.4) is 0 Å². The van der Waals surface area contributed by atoms with Crippen molar-refractivity contribution in [2.45, 2.75) is 0 Å². The molecule has 0 spiro atoms. The van der Waals surface area contributed by atoms with Gasteiger partial charge in [0, 0.05) is 11.9 Å². The van der Waals surface area contributed by atoms with E-state index in [4.69, 9.17) is 5.26 Å². The van der Waals surface area contributed by atoms with Gasteiger partial charge in [-0.15, -0.1) is 0 Å². The third-order valence-electron chi connectivity index (χ3n) is 2.82. The van der Waals surface area contributed by atoms with E-state index in [0.29, 0.717) is 11.4 Å². The van der Waals surface area contributed by atoms with E-state index in [2.05, 4.69) is 21.1 Å². The summed E-state index contributed by atoms with van der Waals surface area (Å²) in [5.74, 6) is 0.320. The maximum atomic E-state index is 11.3. The molecule has 0 amide bonds. The zero-order valence-corrected chi connectivity index (χ0v) is 11.7. The summed E-state index contributed by atoms with van der Waals surface area (Å²) in [7, 11) is -1.91. The van der Waals surface area contributed by atoms with Crippen molar-refractivity contribution in [1.82, 2.24) is 9.71 Å². The van der Waals surface area contributed by atoms with Gasteiger partial charge in [-0.05, 0) is 19.2 Å². The Morgan fingerprint density at radius 3 is 2.80 bits per heavy atom. The molecule has 0 saturated carbocycles. The number of hydrogen-bond acceptors (Lipinski definition) is 5. The molecule has 0 saturated heterocycles. The van der Waals surface area contributed by atoms with Crippen LogP contribution in [0.4, 0.5) is 5.82 Å². The lowest BCUT2D eigenvalue weighted by atomic mass is 10.1. The van der Waals surface area contributed by atoms with E-state index in [0.717, 1.165) is 10.9 Å². The molecule has 0 unspecified atom stereocenters. The summed E-state index contributed by atoms with van der Waals surface area (Å²) in [6, 6.07) is 11.2. The van der Waals surface area contributed by atoms with Gasteiger partial charge in [0.2, 0.25) is 10.0 Å². The Morgan fingerprint density at radius 2 is 2.10 bits per heavy atom. The Balaban J connectivity index is 2.23. The number of benzene rings is 1. The molecule has 0 aliphatic heterocycles. The topological polar surface area (TPSA) is 94.9 Å². The highest BCUT2D eigenvalue weighted by Crippen LogP contribution is 2.19. The van der Waals surface area contributed by atoms with Crippen molar-refractivity contribution < 1.29 is 8.42 Å². The molecule has 1 aromatic heterocycles. The van der Waals surface area contributed by atoms with Crippen molar-refractivity contribution >= 4 is 26.7 Å². The third-order valence-corrected chi connectivity index (χ3v) is 4.18. The van der Waals surface area contributed by atoms with Crippen LogP contribution in [0.15, 0.2) is 30.3 Å². The first-order chi connectivity index (χ1) is 9.55. The predicted octanol–water partition coefficient (Wildman–Crippen LogP) is 1.07. The van der Waals surface area contributed by atoms with Crippen molar-refractivity contribution in [3.63, 3.8) is 0 Å². The molecular weight excluding hydrogens is 276 g/mol. The van der Waals surface area contributed by atoms with Crippen molar-refractivity contribution in [1.29, 1.82) is 5.26 Å². The lowest BCUT2D eigenvalue weighted by molar-refractivity contribution is 0.588. The summed E-state index contributed by atoms with van der Waals surface area (Å²) in [6.07, 6.45) is 0. The molecule has 1 heterocycles. The number of para-hydroxylation sites is 1. The fraction of sp³-hybridized carbons (Fsp3) is 0.231. The average Bonchev–Trinajstić information content (AvgIpc) is 2.46. The fourth-order valence-corrected chi connectivity index (χ4v) is 2.32. The Hall–Kier alpha value is -2.17. The van der Waals surface area contributed by atoms with Gasteiger partial charge in [-0.25, -0.2) is 18.1 Å². The molecular formula is C13H14N4O2S. The lowest BCUT2D eigenvalue weighted by Crippen LogP contribution is -2.26. The number of anilines is 1. The largest absolute Gasteiger partial charge is 0.368 e. The smallest absolute Gasteiger partial charge is 0.213 e. The second-order valence-electron chi connectivity index (χ2n) is 4.14. The van der Waals surface area contributed by atoms with Crippen LogP contribution >= 0.6 is 0 Å². The van der Waals surface area contributed by atoms with E-state index in [1.807, 2.05) is 24.3 Å². The molecule has 1 aromatic carbocycles. The molecule has 0 bridgehead atoms. The van der Waals surface area contributed by atoms with Crippen molar-refractivity contribution in [2.24, 2.45) is 0 Å². The van der Waals surface area contributed by atoms with E-state index < -0.39 is 10.0 Å². The molecule has 0 aliphatic carbocycles. The van der Waals surface area contributed by atoms with Gasteiger partial charge in [-0.1, -0.05) is 18.2 Å². The van der Waals surface area contributed by atoms with Gasteiger partial charge in [0.15, 0.2) is 0 Å². The summed E-state index contributed by atoms with van der Waals surface area (Å²) >= 11 is 0. The standard InChI is InChI=1S/C13H14N4O2S/c1-15-20(18,19)7-6-16-13-11(9-14)8-10-4-2-3-5-12(10)17-13/h2-5,8,15H,6-7H2,1H3,(H,16,17). The van der Waals surface area contributed by atoms with Crippen LogP contribution in [-0.2, 0) is 10.0 Å². The summed E-state index contributed by atoms with van der Waals surface area (Å²) in [6.45, 7) is 0.184. The zero-order chi connectivity index (χ0) is 14.6. The number of fused-ring (bicyclic) bond motifs is 1. The molecule has 104 valence electrons. The van der Waals surface area contributed by atoms with Gasteiger partial charge in [-0.2, -0.15) is 5.26 Å². The Labute approximate surface area is 117 Å². The zero-order valence-electron chi connectivity index (χ0n) is 10.9. The molecule has 0 aliphatic rings. The minimum Gasteiger partial charge on any atom is -0.368 e. The predicted molar refractivity (Wildman–Crippen MR) is 77.8 cm³/mol. The van der Waals surface area contributed by atoms with Gasteiger partial charge in [0.25, 0.3) is 0 Å². The quantitative estimate of drug-likeness (QED) is 0.858. The van der Waals surface area contributed by atoms with E-state index >= 15 is 0 Å². The molecule has 2 rings (SSSR count). The fourth-order valence-electron chi connectivity index (χ4n) is 1.74. The number of hydrogen-bond donors (Lipinski definition) is 2. The summed E-state index contributed by atoms with van der Waals surface area (Å²) in [5, 5.41) is 12.9. The third kappa shape index (κ3) is 3.23. The van der Waals surface area contributed by atoms with E-state index in [1.54, 1.807) is 6.07 Å². The molecule has 0 fully saturated rings. The van der Waals surface area contributed by atoms with Gasteiger partial charge in [-0.3, -0.25) is 0 Å². The first kappa shape index (κ1) is 14.2. The normalized spacial score (nSPS) is 11.2. The van der Waals surface area contributed by atoms with Gasteiger partial charge in [0.1, 0.15) is 11.9 Å². The Kier molecular flexibility index (Phi) is 4.17. The number of sulfonamides is 1. The highest BCUT2D eigenvalue weighted by Gasteiger charge is 2.09. The van der Waals surface area contributed by atoms with E-state index in [9.17, 15) is 8.42 Å². The average molecular weight is 290 g/mol. The highest BCUT2D eigenvalue weighted by atomic mass is 32.2. The van der Waals surface area contributed by atoms with Gasteiger partial charge >= 0.3 is 0 Å². The minimum absolute atomic E-state index is 0.0805. The Bertz CT molecular complexity index is 766. The van der Waals surface area contributed by atoms with Crippen LogP contribution in [0.2, 0.25) is 0 Å². The molecule has 0 atom stereocenters. The van der Waals surface area contributed by atoms with Crippen LogP contribution in [-0.4, -0.2) is 32.7 Å². The lowest BCUT2D eigenvalue weighted by Gasteiger charge is -2.08. The van der Waals surface area contributed by atoms with Gasteiger partial charge in [0.05, 0.1) is 16.8 Å². The number of nitriles is 1. The number of nitrogens with one attached hydrogen (secondary N) is 2. The minimum atomic E-state index is -3.27. The van der Waals surface area contributed by atoms with Crippen molar-refractivity contribution in [3.8, 4) is 6.07 Å². The molecule has 2 aromatic rings. The number of rotatable bonds is 5. The maximum Gasteiger partial charge on any atom is 0.213 e. The van der Waals surface area contributed by atoms with E-state index in [1.165, 1.54) is 7.05 Å². The number of nitrogens with zero attached hydrogens (tertiary/aromatic N) is 2. The molecule has 7 heteroatoms. The van der Waals surface area contributed by atoms with E-state index in [-0.39, 0.29) is 12.3 Å². The SMILES string of the molecule is CNS(=O)(=O)CCNc1nc2ccccc2cc1C#N. The van der Waals surface area contributed by atoms with Gasteiger partial charge < -0.3 is 5.32 Å². The highest BCUT2D eigenvalue weighted by molar-refractivity contribution is 7.89. The first-order valence-electron chi connectivity index (χ1n) is 6.01. The van der Waals surface area contributed by atoms with Crippen LogP contribution in [0.1, 0.15) is 5.56 Å². The summed E-state index contributed by atoms with van der Waals surface area (Å²) < 4.78 is 24.9. The first-order valence-corrected chi connectivity index (χ1v) is 7.66. The number of pyridine rings is 1. The van der Waals surface area contributed by atoms with Crippen molar-refractivity contribution in [3.05, 3.63) is 35.9 Å². The molecule has 0 radical (unpaired) electrons. The molecule has 2 N–H and O–H groups in total. The second-order valence-corrected chi connectivity index (χ2v) is 6.18. The van der Waals surface area contributed by atoms with Crippen molar-refractivity contribution in [2.75, 3.05) is 24.7 Å². The Morgan fingerprint density at radius 1 is 1.35 bits per heavy atom.